The number of aromatic nitrogens is 3. The van der Waals surface area contributed by atoms with Crippen molar-refractivity contribution in [1.29, 1.82) is 0 Å². The summed E-state index contributed by atoms with van der Waals surface area (Å²) in [4.78, 5) is 18.2. The largest absolute Gasteiger partial charge is 0.395 e. The van der Waals surface area contributed by atoms with Gasteiger partial charge < -0.3 is 10.6 Å². The van der Waals surface area contributed by atoms with Crippen molar-refractivity contribution in [3.8, 4) is 0 Å². The lowest BCUT2D eigenvalue weighted by Crippen LogP contribution is -2.30. The maximum atomic E-state index is 12.5. The molecule has 2 heterocycles. The van der Waals surface area contributed by atoms with Crippen LogP contribution in [0.3, 0.4) is 0 Å². The first-order chi connectivity index (χ1) is 10.1. The zero-order valence-corrected chi connectivity index (χ0v) is 12.6. The molecule has 2 rings (SSSR count). The van der Waals surface area contributed by atoms with Gasteiger partial charge in [-0.3, -0.25) is 14.9 Å². The van der Waals surface area contributed by atoms with Crippen LogP contribution in [0.5, 0.6) is 0 Å². The van der Waals surface area contributed by atoms with Crippen LogP contribution in [0.4, 0.5) is 5.69 Å². The number of nitrogens with two attached hydrogens (primary N) is 1. The van der Waals surface area contributed by atoms with E-state index in [1.54, 1.807) is 24.3 Å². The van der Waals surface area contributed by atoms with Crippen LogP contribution in [0, 0.1) is 0 Å². The average molecular weight is 287 g/mol. The Hall–Kier alpha value is -2.37. The lowest BCUT2D eigenvalue weighted by Gasteiger charge is -2.24. The highest BCUT2D eigenvalue weighted by Crippen LogP contribution is 2.23. The number of aryl methyl sites for hydroxylation is 1. The highest BCUT2D eigenvalue weighted by Gasteiger charge is 2.24. The van der Waals surface area contributed by atoms with Crippen LogP contribution < -0.4 is 5.73 Å². The van der Waals surface area contributed by atoms with Gasteiger partial charge in [-0.05, 0) is 31.0 Å². The Kier molecular flexibility index (Phi) is 4.57. The summed E-state index contributed by atoms with van der Waals surface area (Å²) in [7, 11) is 1.75. The normalized spacial score (nSPS) is 12.1. The zero-order valence-electron chi connectivity index (χ0n) is 12.6. The minimum Gasteiger partial charge on any atom is -0.395 e. The molecule has 2 aromatic rings. The van der Waals surface area contributed by atoms with E-state index in [4.69, 9.17) is 5.73 Å². The van der Waals surface area contributed by atoms with Gasteiger partial charge in [-0.15, -0.1) is 0 Å². The average Bonchev–Trinajstić information content (AvgIpc) is 2.87. The summed E-state index contributed by atoms with van der Waals surface area (Å²) in [6, 6.07) is 3.71. The predicted molar refractivity (Wildman–Crippen MR) is 81.7 cm³/mol. The molecule has 0 aliphatic carbocycles. The number of carbonyl (C=O) groups is 1. The quantitative estimate of drug-likeness (QED) is 0.882. The molecule has 6 nitrogen and oxygen atoms in total. The molecule has 0 aliphatic rings. The van der Waals surface area contributed by atoms with Crippen molar-refractivity contribution in [2.45, 2.75) is 32.7 Å². The number of aromatic amines is 1. The number of nitrogens with zero attached hydrogens (tertiary/aromatic N) is 3. The van der Waals surface area contributed by atoms with Crippen LogP contribution in [-0.2, 0) is 6.42 Å². The van der Waals surface area contributed by atoms with E-state index in [1.165, 1.54) is 0 Å². The molecule has 1 unspecified atom stereocenters. The molecule has 1 amide bonds. The van der Waals surface area contributed by atoms with E-state index in [2.05, 4.69) is 22.1 Å². The van der Waals surface area contributed by atoms with E-state index in [1.807, 2.05) is 19.1 Å². The summed E-state index contributed by atoms with van der Waals surface area (Å²) in [5.74, 6) is -0.185. The third-order valence-electron chi connectivity index (χ3n) is 3.68. The molecule has 6 heteroatoms. The van der Waals surface area contributed by atoms with Crippen LogP contribution in [0.25, 0.3) is 0 Å². The smallest absolute Gasteiger partial charge is 0.276 e. The van der Waals surface area contributed by atoms with Crippen LogP contribution in [0.15, 0.2) is 24.5 Å². The van der Waals surface area contributed by atoms with E-state index in [9.17, 15) is 4.79 Å². The minimum absolute atomic E-state index is 0.0776. The summed E-state index contributed by atoms with van der Waals surface area (Å²) in [6.45, 7) is 4.02. The van der Waals surface area contributed by atoms with Gasteiger partial charge in [0.2, 0.25) is 0 Å². The van der Waals surface area contributed by atoms with Crippen molar-refractivity contribution < 1.29 is 4.79 Å². The van der Waals surface area contributed by atoms with Gasteiger partial charge in [0.05, 0.1) is 17.4 Å². The number of amides is 1. The Morgan fingerprint density at radius 2 is 2.10 bits per heavy atom. The van der Waals surface area contributed by atoms with Crippen molar-refractivity contribution in [3.05, 3.63) is 41.5 Å². The van der Waals surface area contributed by atoms with E-state index in [0.29, 0.717) is 11.4 Å². The molecular formula is C15H21N5O. The number of anilines is 1. The molecule has 0 spiro atoms. The number of hydrogen-bond acceptors (Lipinski definition) is 4. The van der Waals surface area contributed by atoms with Crippen LogP contribution in [-0.4, -0.2) is 33.0 Å². The van der Waals surface area contributed by atoms with Gasteiger partial charge in [-0.25, -0.2) is 0 Å². The number of carbonyl (C=O) groups excluding carboxylic acids is 1. The van der Waals surface area contributed by atoms with Crippen molar-refractivity contribution in [1.82, 2.24) is 20.1 Å². The summed E-state index contributed by atoms with van der Waals surface area (Å²) in [5.41, 5.74) is 8.61. The summed E-state index contributed by atoms with van der Waals surface area (Å²) < 4.78 is 0. The van der Waals surface area contributed by atoms with Crippen molar-refractivity contribution in [2.24, 2.45) is 0 Å². The molecule has 0 saturated heterocycles. The molecule has 0 aliphatic heterocycles. The first-order valence-corrected chi connectivity index (χ1v) is 7.06. The fourth-order valence-corrected chi connectivity index (χ4v) is 2.20. The molecule has 0 saturated carbocycles. The third kappa shape index (κ3) is 3.04. The van der Waals surface area contributed by atoms with Gasteiger partial charge in [0.25, 0.3) is 5.91 Å². The third-order valence-corrected chi connectivity index (χ3v) is 3.68. The number of rotatable bonds is 5. The molecule has 2 aromatic heterocycles. The SMILES string of the molecule is CCCc1[nH]nc(C(=O)N(C)C(C)c2ccncc2)c1N. The van der Waals surface area contributed by atoms with Gasteiger partial charge >= 0.3 is 0 Å². The van der Waals surface area contributed by atoms with Gasteiger partial charge in [0.15, 0.2) is 5.69 Å². The van der Waals surface area contributed by atoms with Gasteiger partial charge in [0, 0.05) is 19.4 Å². The fraction of sp³-hybridized carbons (Fsp3) is 0.400. The Labute approximate surface area is 124 Å². The fourth-order valence-electron chi connectivity index (χ4n) is 2.20. The maximum Gasteiger partial charge on any atom is 0.276 e. The molecule has 0 aromatic carbocycles. The van der Waals surface area contributed by atoms with Gasteiger partial charge in [-0.2, -0.15) is 5.10 Å². The molecule has 0 fully saturated rings. The Bertz CT molecular complexity index is 608. The maximum absolute atomic E-state index is 12.5. The van der Waals surface area contributed by atoms with Crippen molar-refractivity contribution in [3.63, 3.8) is 0 Å². The van der Waals surface area contributed by atoms with E-state index < -0.39 is 0 Å². The van der Waals surface area contributed by atoms with Gasteiger partial charge in [0.1, 0.15) is 0 Å². The molecule has 1 atom stereocenters. The molecule has 0 bridgehead atoms. The standard InChI is InChI=1S/C15H21N5O/c1-4-5-12-13(16)14(19-18-12)15(21)20(3)10(2)11-6-8-17-9-7-11/h6-10H,4-5,16H2,1-3H3,(H,18,19). The number of nitrogens with one attached hydrogen (secondary N) is 1. The van der Waals surface area contributed by atoms with Crippen LogP contribution in [0.1, 0.15) is 48.1 Å². The summed E-state index contributed by atoms with van der Waals surface area (Å²) >= 11 is 0. The van der Waals surface area contributed by atoms with Crippen LogP contribution in [0.2, 0.25) is 0 Å². The number of H-pyrrole nitrogens is 1. The second-order valence-electron chi connectivity index (χ2n) is 5.09. The minimum atomic E-state index is -0.185. The number of nitrogen functional groups attached to an aromatic ring is 1. The second kappa shape index (κ2) is 6.39. The molecular weight excluding hydrogens is 266 g/mol. The van der Waals surface area contributed by atoms with Crippen molar-refractivity contribution in [2.75, 3.05) is 12.8 Å². The Morgan fingerprint density at radius 1 is 1.43 bits per heavy atom. The monoisotopic (exact) mass is 287 g/mol. The number of hydrogen-bond donors (Lipinski definition) is 2. The highest BCUT2D eigenvalue weighted by atomic mass is 16.2. The second-order valence-corrected chi connectivity index (χ2v) is 5.09. The Morgan fingerprint density at radius 3 is 2.71 bits per heavy atom. The molecule has 112 valence electrons. The zero-order chi connectivity index (χ0) is 15.4. The van der Waals surface area contributed by atoms with E-state index in [-0.39, 0.29) is 11.9 Å². The molecule has 3 N–H and O–H groups in total. The number of pyridine rings is 1. The molecule has 21 heavy (non-hydrogen) atoms. The first kappa shape index (κ1) is 15.0. The Balaban J connectivity index is 2.19. The lowest BCUT2D eigenvalue weighted by molar-refractivity contribution is 0.0737. The first-order valence-electron chi connectivity index (χ1n) is 7.06. The predicted octanol–water partition coefficient (Wildman–Crippen LogP) is 2.17. The van der Waals surface area contributed by atoms with E-state index in [0.717, 1.165) is 24.1 Å². The van der Waals surface area contributed by atoms with Crippen LogP contribution >= 0.6 is 0 Å². The summed E-state index contributed by atoms with van der Waals surface area (Å²) in [5, 5.41) is 6.93. The summed E-state index contributed by atoms with van der Waals surface area (Å²) in [6.07, 6.45) is 5.16. The van der Waals surface area contributed by atoms with Gasteiger partial charge in [-0.1, -0.05) is 13.3 Å². The topological polar surface area (TPSA) is 87.9 Å². The lowest BCUT2D eigenvalue weighted by atomic mass is 10.1. The molecule has 0 radical (unpaired) electrons. The van der Waals surface area contributed by atoms with Crippen molar-refractivity contribution >= 4 is 11.6 Å². The highest BCUT2D eigenvalue weighted by molar-refractivity contribution is 5.97. The van der Waals surface area contributed by atoms with E-state index >= 15 is 0 Å².